The predicted molar refractivity (Wildman–Crippen MR) is 137 cm³/mol. The van der Waals surface area contributed by atoms with Gasteiger partial charge >= 0.3 is 0 Å². The molecule has 2 N–H and O–H groups in total. The van der Waals surface area contributed by atoms with Gasteiger partial charge in [-0.25, -0.2) is 9.19 Å². The summed E-state index contributed by atoms with van der Waals surface area (Å²) in [4.78, 5) is 13.3. The summed E-state index contributed by atoms with van der Waals surface area (Å²) in [5.74, 6) is 0.288. The van der Waals surface area contributed by atoms with Gasteiger partial charge in [-0.1, -0.05) is 24.8 Å². The van der Waals surface area contributed by atoms with E-state index in [0.29, 0.717) is 16.3 Å². The average molecular weight is 472 g/mol. The second-order valence-electron chi connectivity index (χ2n) is 7.64. The van der Waals surface area contributed by atoms with Crippen LogP contribution in [0.15, 0.2) is 84.8 Å². The van der Waals surface area contributed by atoms with Crippen molar-refractivity contribution < 1.29 is 8.95 Å². The van der Waals surface area contributed by atoms with Crippen LogP contribution < -0.4 is 14.8 Å². The molecule has 1 unspecified atom stereocenters. The van der Waals surface area contributed by atoms with Gasteiger partial charge in [0.25, 0.3) is 0 Å². The number of hydrogen-bond acceptors (Lipinski definition) is 6. The van der Waals surface area contributed by atoms with E-state index in [4.69, 9.17) is 4.74 Å². The van der Waals surface area contributed by atoms with E-state index >= 15 is 0 Å². The summed E-state index contributed by atoms with van der Waals surface area (Å²) in [6, 6.07) is 15.3. The maximum absolute atomic E-state index is 13.2. The third-order valence-electron chi connectivity index (χ3n) is 5.25. The number of methoxy groups -OCH3 is 1. The van der Waals surface area contributed by atoms with Crippen LogP contribution in [0, 0.1) is 13.8 Å². The molecule has 4 rings (SSSR count). The molecule has 4 aromatic rings. The predicted octanol–water partition coefficient (Wildman–Crippen LogP) is 5.38. The highest BCUT2D eigenvalue weighted by Gasteiger charge is 2.16. The molecule has 172 valence electrons. The standard InChI is InChI=1S/C26H25N5O2S/c1-17-7-5-8-18(2)25(17)31-34(32)24-14-22(16-29-26(24)33-4)30-19(3)20-10-12-28-23(13-20)21-9-6-11-27-15-21/h5-16,30-31H,3H2,1-2,4H3. The summed E-state index contributed by atoms with van der Waals surface area (Å²) in [7, 11) is -0.0837. The Kier molecular flexibility index (Phi) is 6.98. The van der Waals surface area contributed by atoms with Gasteiger partial charge in [0.05, 0.1) is 30.4 Å². The highest BCUT2D eigenvalue weighted by molar-refractivity contribution is 7.86. The van der Waals surface area contributed by atoms with Crippen molar-refractivity contribution in [3.63, 3.8) is 0 Å². The number of anilines is 2. The van der Waals surface area contributed by atoms with E-state index < -0.39 is 11.0 Å². The number of benzene rings is 1. The smallest absolute Gasteiger partial charge is 0.231 e. The molecular weight excluding hydrogens is 446 g/mol. The lowest BCUT2D eigenvalue weighted by molar-refractivity contribution is 0.386. The molecule has 0 aliphatic rings. The van der Waals surface area contributed by atoms with Crippen molar-refractivity contribution in [1.29, 1.82) is 0 Å². The van der Waals surface area contributed by atoms with E-state index in [9.17, 15) is 4.21 Å². The van der Waals surface area contributed by atoms with E-state index in [2.05, 4.69) is 31.6 Å². The Morgan fingerprint density at radius 1 is 1.00 bits per heavy atom. The number of para-hydroxylation sites is 1. The first-order valence-corrected chi connectivity index (χ1v) is 11.7. The minimum Gasteiger partial charge on any atom is -0.480 e. The van der Waals surface area contributed by atoms with Gasteiger partial charge in [-0.15, -0.1) is 0 Å². The molecule has 3 heterocycles. The van der Waals surface area contributed by atoms with E-state index in [1.54, 1.807) is 30.9 Å². The SMILES string of the molecule is C=C(Nc1cnc(OC)c(S(=O)Nc2c(C)cccc2C)c1)c1ccnc(-c2cccnc2)c1. The van der Waals surface area contributed by atoms with Gasteiger partial charge in [-0.3, -0.25) is 9.97 Å². The quantitative estimate of drug-likeness (QED) is 0.359. The molecule has 3 aromatic heterocycles. The van der Waals surface area contributed by atoms with Gasteiger partial charge in [0.1, 0.15) is 4.90 Å². The monoisotopic (exact) mass is 471 g/mol. The molecule has 34 heavy (non-hydrogen) atoms. The molecule has 0 radical (unpaired) electrons. The fraction of sp³-hybridized carbons (Fsp3) is 0.115. The van der Waals surface area contributed by atoms with Crippen molar-refractivity contribution in [3.8, 4) is 17.1 Å². The molecule has 0 amide bonds. The van der Waals surface area contributed by atoms with E-state index in [1.165, 1.54) is 7.11 Å². The Bertz CT molecular complexity index is 1340. The fourth-order valence-corrected chi connectivity index (χ4v) is 4.59. The van der Waals surface area contributed by atoms with Crippen LogP contribution in [0.2, 0.25) is 0 Å². The van der Waals surface area contributed by atoms with Gasteiger partial charge < -0.3 is 14.8 Å². The fourth-order valence-electron chi connectivity index (χ4n) is 3.45. The molecule has 0 spiro atoms. The number of aromatic nitrogens is 3. The van der Waals surface area contributed by atoms with E-state index in [-0.39, 0.29) is 5.88 Å². The topological polar surface area (TPSA) is 89.0 Å². The second kappa shape index (κ2) is 10.3. The molecule has 0 aliphatic heterocycles. The summed E-state index contributed by atoms with van der Waals surface area (Å²) >= 11 is 0. The molecule has 7 nitrogen and oxygen atoms in total. The minimum atomic E-state index is -1.59. The van der Waals surface area contributed by atoms with Gasteiger partial charge in [0.15, 0.2) is 11.0 Å². The zero-order valence-corrected chi connectivity index (χ0v) is 20.0. The molecule has 0 aliphatic carbocycles. The summed E-state index contributed by atoms with van der Waals surface area (Å²) in [6.07, 6.45) is 6.83. The third kappa shape index (κ3) is 5.13. The van der Waals surface area contributed by atoms with Crippen molar-refractivity contribution in [2.45, 2.75) is 18.7 Å². The highest BCUT2D eigenvalue weighted by Crippen LogP contribution is 2.28. The Balaban J connectivity index is 1.57. The first-order chi connectivity index (χ1) is 16.5. The number of hydrogen-bond donors (Lipinski definition) is 2. The minimum absolute atomic E-state index is 0.288. The molecule has 0 saturated carbocycles. The maximum Gasteiger partial charge on any atom is 0.231 e. The van der Waals surface area contributed by atoms with Crippen LogP contribution in [0.1, 0.15) is 16.7 Å². The summed E-state index contributed by atoms with van der Waals surface area (Å²) in [6.45, 7) is 8.10. The van der Waals surface area contributed by atoms with Crippen LogP contribution in [-0.4, -0.2) is 26.3 Å². The lowest BCUT2D eigenvalue weighted by Gasteiger charge is -2.15. The molecule has 0 fully saturated rings. The normalized spacial score (nSPS) is 11.5. The largest absolute Gasteiger partial charge is 0.480 e. The number of nitrogens with zero attached hydrogens (tertiary/aromatic N) is 3. The lowest BCUT2D eigenvalue weighted by atomic mass is 10.1. The Morgan fingerprint density at radius 2 is 1.79 bits per heavy atom. The first-order valence-electron chi connectivity index (χ1n) is 10.6. The van der Waals surface area contributed by atoms with Crippen molar-refractivity contribution in [2.24, 2.45) is 0 Å². The number of rotatable bonds is 8. The summed E-state index contributed by atoms with van der Waals surface area (Å²) in [5, 5.41) is 3.25. The van der Waals surface area contributed by atoms with Gasteiger partial charge in [-0.2, -0.15) is 0 Å². The molecular formula is C26H25N5O2S. The lowest BCUT2D eigenvalue weighted by Crippen LogP contribution is -2.10. The Hall–Kier alpha value is -4.04. The molecule has 0 bridgehead atoms. The summed E-state index contributed by atoms with van der Waals surface area (Å²) < 4.78 is 21.7. The van der Waals surface area contributed by atoms with Crippen molar-refractivity contribution in [3.05, 3.63) is 96.6 Å². The van der Waals surface area contributed by atoms with Crippen molar-refractivity contribution in [1.82, 2.24) is 15.0 Å². The average Bonchev–Trinajstić information content (AvgIpc) is 2.86. The molecule has 8 heteroatoms. The number of ether oxygens (including phenoxy) is 1. The van der Waals surface area contributed by atoms with Crippen LogP contribution in [-0.2, 0) is 11.0 Å². The van der Waals surface area contributed by atoms with Crippen molar-refractivity contribution >= 4 is 28.1 Å². The van der Waals surface area contributed by atoms with Crippen LogP contribution in [0.25, 0.3) is 17.0 Å². The van der Waals surface area contributed by atoms with Crippen molar-refractivity contribution in [2.75, 3.05) is 17.1 Å². The van der Waals surface area contributed by atoms with Crippen LogP contribution in [0.4, 0.5) is 11.4 Å². The molecule has 0 saturated heterocycles. The van der Waals surface area contributed by atoms with Crippen LogP contribution in [0.5, 0.6) is 5.88 Å². The zero-order valence-electron chi connectivity index (χ0n) is 19.2. The highest BCUT2D eigenvalue weighted by atomic mass is 32.2. The van der Waals surface area contributed by atoms with Gasteiger partial charge in [0, 0.05) is 35.4 Å². The maximum atomic E-state index is 13.2. The van der Waals surface area contributed by atoms with E-state index in [0.717, 1.165) is 33.6 Å². The first kappa shape index (κ1) is 23.1. The number of aryl methyl sites for hydroxylation is 2. The van der Waals surface area contributed by atoms with Gasteiger partial charge in [-0.05, 0) is 55.3 Å². The third-order valence-corrected chi connectivity index (χ3v) is 6.33. The Morgan fingerprint density at radius 3 is 2.50 bits per heavy atom. The number of nitrogens with one attached hydrogen (secondary N) is 2. The second-order valence-corrected chi connectivity index (χ2v) is 8.83. The van der Waals surface area contributed by atoms with E-state index in [1.807, 2.05) is 56.3 Å². The van der Waals surface area contributed by atoms with Crippen LogP contribution >= 0.6 is 0 Å². The number of pyridine rings is 3. The molecule has 1 atom stereocenters. The van der Waals surface area contributed by atoms with Crippen LogP contribution in [0.3, 0.4) is 0 Å². The Labute approximate surface area is 201 Å². The zero-order chi connectivity index (χ0) is 24.1. The summed E-state index contributed by atoms with van der Waals surface area (Å²) in [5.41, 5.74) is 6.69. The molecule has 1 aromatic carbocycles. The van der Waals surface area contributed by atoms with Gasteiger partial charge in [0.2, 0.25) is 5.88 Å².